The van der Waals surface area contributed by atoms with E-state index in [4.69, 9.17) is 11.6 Å². The summed E-state index contributed by atoms with van der Waals surface area (Å²) in [5.74, 6) is 1.16. The van der Waals surface area contributed by atoms with Crippen molar-refractivity contribution in [1.82, 2.24) is 15.0 Å². The summed E-state index contributed by atoms with van der Waals surface area (Å²) >= 11 is 6.45. The molecule has 0 bridgehead atoms. The molecule has 4 rings (SSSR count). The minimum absolute atomic E-state index is 0.345. The number of rotatable bonds is 4. The average molecular weight is 444 g/mol. The maximum Gasteiger partial charge on any atom is 0.230 e. The van der Waals surface area contributed by atoms with E-state index in [0.29, 0.717) is 23.8 Å². The minimum Gasteiger partial charge on any atom is -0.352 e. The molecule has 0 amide bonds. The largest absolute Gasteiger partial charge is 0.352 e. The maximum atomic E-state index is 11.4. The van der Waals surface area contributed by atoms with Crippen molar-refractivity contribution in [1.29, 1.82) is 0 Å². The Morgan fingerprint density at radius 2 is 1.93 bits per heavy atom. The number of aromatic nitrogens is 3. The van der Waals surface area contributed by atoms with Gasteiger partial charge in [0.15, 0.2) is 0 Å². The van der Waals surface area contributed by atoms with Crippen LogP contribution >= 0.6 is 11.6 Å². The Hall–Kier alpha value is -2.71. The molecule has 1 aliphatic heterocycles. The summed E-state index contributed by atoms with van der Waals surface area (Å²) in [7, 11) is -3.35. The molecule has 0 aliphatic carbocycles. The molecule has 1 N–H and O–H groups in total. The standard InChI is InChI=1S/C21H22ClN5O2S/c1-13-8-14(2)21(24-10-13)16-9-20(23-11-17(16)22)27-7-6-18-15(12-27)4-5-19(25-18)26-30(3,28)29/h4-5,8-11H,6-7,12H2,1-3H3,(H,25,26). The first-order valence-corrected chi connectivity index (χ1v) is 11.8. The third-order valence-electron chi connectivity index (χ3n) is 4.97. The molecule has 4 heterocycles. The van der Waals surface area contributed by atoms with Gasteiger partial charge in [0.05, 0.1) is 17.0 Å². The first-order valence-electron chi connectivity index (χ1n) is 9.50. The van der Waals surface area contributed by atoms with Gasteiger partial charge in [-0.2, -0.15) is 0 Å². The molecular formula is C21H22ClN5O2S. The lowest BCUT2D eigenvalue weighted by atomic mass is 10.0. The lowest BCUT2D eigenvalue weighted by molar-refractivity contribution is 0.606. The lowest BCUT2D eigenvalue weighted by Gasteiger charge is -2.29. The first-order chi connectivity index (χ1) is 14.2. The van der Waals surface area contributed by atoms with Crippen molar-refractivity contribution in [3.63, 3.8) is 0 Å². The van der Waals surface area contributed by atoms with E-state index in [1.807, 2.05) is 32.2 Å². The highest BCUT2D eigenvalue weighted by Gasteiger charge is 2.21. The molecule has 0 fully saturated rings. The fourth-order valence-corrected chi connectivity index (χ4v) is 4.32. The highest BCUT2D eigenvalue weighted by Crippen LogP contribution is 2.33. The smallest absolute Gasteiger partial charge is 0.230 e. The molecule has 30 heavy (non-hydrogen) atoms. The number of hydrogen-bond donors (Lipinski definition) is 1. The Morgan fingerprint density at radius 1 is 1.13 bits per heavy atom. The fourth-order valence-electron chi connectivity index (χ4n) is 3.64. The zero-order chi connectivity index (χ0) is 21.5. The van der Waals surface area contributed by atoms with Gasteiger partial charge in [0.1, 0.15) is 11.6 Å². The monoisotopic (exact) mass is 443 g/mol. The second-order valence-corrected chi connectivity index (χ2v) is 9.70. The van der Waals surface area contributed by atoms with Crippen molar-refractivity contribution in [2.45, 2.75) is 26.8 Å². The van der Waals surface area contributed by atoms with Crippen LogP contribution in [0, 0.1) is 13.8 Å². The predicted octanol–water partition coefficient (Wildman–Crippen LogP) is 3.74. The van der Waals surface area contributed by atoms with Crippen LogP contribution < -0.4 is 9.62 Å². The van der Waals surface area contributed by atoms with E-state index in [0.717, 1.165) is 52.3 Å². The van der Waals surface area contributed by atoms with Crippen LogP contribution in [-0.4, -0.2) is 36.2 Å². The number of aryl methyl sites for hydroxylation is 2. The van der Waals surface area contributed by atoms with Crippen molar-refractivity contribution >= 4 is 33.3 Å². The molecule has 0 aromatic carbocycles. The summed E-state index contributed by atoms with van der Waals surface area (Å²) in [6.07, 6.45) is 5.31. The van der Waals surface area contributed by atoms with Gasteiger partial charge in [0, 0.05) is 43.2 Å². The zero-order valence-electron chi connectivity index (χ0n) is 17.0. The van der Waals surface area contributed by atoms with Crippen molar-refractivity contribution in [2.24, 2.45) is 0 Å². The van der Waals surface area contributed by atoms with Gasteiger partial charge in [-0.25, -0.2) is 18.4 Å². The van der Waals surface area contributed by atoms with Gasteiger partial charge >= 0.3 is 0 Å². The molecule has 0 spiro atoms. The Balaban J connectivity index is 1.62. The lowest BCUT2D eigenvalue weighted by Crippen LogP contribution is -2.31. The van der Waals surface area contributed by atoms with Gasteiger partial charge in [-0.1, -0.05) is 23.7 Å². The minimum atomic E-state index is -3.35. The van der Waals surface area contributed by atoms with Crippen LogP contribution in [0.2, 0.25) is 5.02 Å². The third kappa shape index (κ3) is 4.39. The molecule has 3 aromatic heterocycles. The second-order valence-electron chi connectivity index (χ2n) is 7.55. The van der Waals surface area contributed by atoms with Gasteiger partial charge in [0.2, 0.25) is 10.0 Å². The first kappa shape index (κ1) is 20.6. The van der Waals surface area contributed by atoms with Gasteiger partial charge in [-0.3, -0.25) is 9.71 Å². The van der Waals surface area contributed by atoms with Crippen molar-refractivity contribution < 1.29 is 8.42 Å². The number of sulfonamides is 1. The topological polar surface area (TPSA) is 88.1 Å². The highest BCUT2D eigenvalue weighted by molar-refractivity contribution is 7.92. The molecule has 1 aliphatic rings. The molecule has 3 aromatic rings. The Morgan fingerprint density at radius 3 is 2.67 bits per heavy atom. The van der Waals surface area contributed by atoms with Gasteiger partial charge in [-0.15, -0.1) is 0 Å². The summed E-state index contributed by atoms with van der Waals surface area (Å²) in [6, 6.07) is 7.66. The number of hydrogen-bond acceptors (Lipinski definition) is 6. The number of nitrogens with one attached hydrogen (secondary N) is 1. The van der Waals surface area contributed by atoms with E-state index in [1.165, 1.54) is 0 Å². The van der Waals surface area contributed by atoms with E-state index in [2.05, 4.69) is 30.6 Å². The van der Waals surface area contributed by atoms with Crippen LogP contribution in [0.5, 0.6) is 0 Å². The van der Waals surface area contributed by atoms with Crippen molar-refractivity contribution in [3.05, 3.63) is 64.1 Å². The van der Waals surface area contributed by atoms with E-state index in [1.54, 1.807) is 12.3 Å². The molecule has 0 radical (unpaired) electrons. The third-order valence-corrected chi connectivity index (χ3v) is 5.85. The van der Waals surface area contributed by atoms with Crippen molar-refractivity contribution in [3.8, 4) is 11.3 Å². The molecule has 0 atom stereocenters. The van der Waals surface area contributed by atoms with E-state index >= 15 is 0 Å². The van der Waals surface area contributed by atoms with E-state index in [9.17, 15) is 8.42 Å². The zero-order valence-corrected chi connectivity index (χ0v) is 18.5. The van der Waals surface area contributed by atoms with Crippen LogP contribution in [0.4, 0.5) is 11.6 Å². The number of anilines is 2. The Labute approximate surface area is 181 Å². The summed E-state index contributed by atoms with van der Waals surface area (Å²) in [6.45, 7) is 5.39. The number of nitrogens with zero attached hydrogens (tertiary/aromatic N) is 4. The summed E-state index contributed by atoms with van der Waals surface area (Å²) in [4.78, 5) is 15.7. The summed E-state index contributed by atoms with van der Waals surface area (Å²) in [5.41, 5.74) is 5.81. The molecule has 0 saturated heterocycles. The SMILES string of the molecule is Cc1cnc(-c2cc(N3CCc4nc(NS(C)(=O)=O)ccc4C3)ncc2Cl)c(C)c1. The number of fused-ring (bicyclic) bond motifs is 1. The molecule has 0 unspecified atom stereocenters. The Bertz CT molecular complexity index is 1230. The molecule has 9 heteroatoms. The van der Waals surface area contributed by atoms with E-state index in [-0.39, 0.29) is 0 Å². The van der Waals surface area contributed by atoms with Crippen LogP contribution in [0.25, 0.3) is 11.3 Å². The van der Waals surface area contributed by atoms with Gasteiger partial charge in [0.25, 0.3) is 0 Å². The predicted molar refractivity (Wildman–Crippen MR) is 119 cm³/mol. The van der Waals surface area contributed by atoms with Gasteiger partial charge < -0.3 is 4.90 Å². The number of halogens is 1. The van der Waals surface area contributed by atoms with Crippen LogP contribution in [0.15, 0.2) is 36.7 Å². The summed E-state index contributed by atoms with van der Waals surface area (Å²) in [5, 5.41) is 0.564. The van der Waals surface area contributed by atoms with Crippen LogP contribution in [-0.2, 0) is 23.0 Å². The maximum absolute atomic E-state index is 11.4. The average Bonchev–Trinajstić information content (AvgIpc) is 2.67. The highest BCUT2D eigenvalue weighted by atomic mass is 35.5. The normalized spacial score (nSPS) is 13.8. The summed E-state index contributed by atoms with van der Waals surface area (Å²) < 4.78 is 25.3. The van der Waals surface area contributed by atoms with Crippen LogP contribution in [0.1, 0.15) is 22.4 Å². The van der Waals surface area contributed by atoms with Crippen molar-refractivity contribution in [2.75, 3.05) is 22.4 Å². The fraction of sp³-hybridized carbons (Fsp3) is 0.286. The molecule has 156 valence electrons. The van der Waals surface area contributed by atoms with Crippen LogP contribution in [0.3, 0.4) is 0 Å². The number of pyridine rings is 3. The Kier molecular flexibility index (Phi) is 5.38. The molecular weight excluding hydrogens is 422 g/mol. The molecule has 7 nitrogen and oxygen atoms in total. The second kappa shape index (κ2) is 7.85. The quantitative estimate of drug-likeness (QED) is 0.660. The molecule has 0 saturated carbocycles. The van der Waals surface area contributed by atoms with Gasteiger partial charge in [-0.05, 0) is 42.7 Å². The van der Waals surface area contributed by atoms with E-state index < -0.39 is 10.0 Å².